The molecule has 0 aromatic heterocycles. The van der Waals surface area contributed by atoms with Crippen molar-refractivity contribution in [3.8, 4) is 29.1 Å². The molecule has 1 aliphatic carbocycles. The molecule has 7 atom stereocenters. The van der Waals surface area contributed by atoms with Crippen molar-refractivity contribution in [1.82, 2.24) is 15.1 Å². The molecule has 10 rings (SSSR count). The summed E-state index contributed by atoms with van der Waals surface area (Å²) in [6.45, 7) is 3.38. The van der Waals surface area contributed by atoms with Crippen LogP contribution in [-0.4, -0.2) is 109 Å². The summed E-state index contributed by atoms with van der Waals surface area (Å²) in [4.78, 5) is 83.1. The average molecular weight is 1060 g/mol. The highest BCUT2D eigenvalue weighted by molar-refractivity contribution is 6.25. The minimum atomic E-state index is -2.17. The van der Waals surface area contributed by atoms with Crippen LogP contribution in [0.25, 0.3) is 0 Å². The zero-order chi connectivity index (χ0) is 54.9. The Morgan fingerprint density at radius 2 is 1.46 bits per heavy atom. The first kappa shape index (κ1) is 53.7. The number of rotatable bonds is 12. The highest BCUT2D eigenvalue weighted by Gasteiger charge is 2.76. The normalized spacial score (nSPS) is 23.7. The van der Waals surface area contributed by atoms with Gasteiger partial charge in [-0.25, -0.2) is 14.5 Å². The number of esters is 2. The van der Waals surface area contributed by atoms with E-state index in [-0.39, 0.29) is 37.6 Å². The number of aliphatic hydroxyl groups is 2. The molecule has 5 aromatic rings. The molecule has 2 saturated heterocycles. The predicted molar refractivity (Wildman–Crippen MR) is 288 cm³/mol. The van der Waals surface area contributed by atoms with Crippen LogP contribution in [0, 0.1) is 23.7 Å². The lowest BCUT2D eigenvalue weighted by atomic mass is 9.64. The van der Waals surface area contributed by atoms with E-state index in [1.165, 1.54) is 14.2 Å². The van der Waals surface area contributed by atoms with Gasteiger partial charge in [-0.3, -0.25) is 19.3 Å². The fraction of sp³-hybridized carbons (Fsp3) is 0.403. The number of ether oxygens (including phenoxy) is 5. The molecule has 16 heteroatoms. The standard InChI is InChI=1S/C62H66N4O12/c1-38(2)51(57(69)76-5)63-60(72)65-47-24-23-39(25-29-61(73)27-14-6-7-15-28-61)33-46(47)62(59(65)71)50(56(68)64-30-26-42-35-48(74-3)49(75-4)36-44(42)37-64)53-58(70)78-54(41-19-12-9-13-20-41)52(40-17-10-8-11-18-40)66(53)55(62)43-21-16-22-45(34-43)77-32-31-67/h8-13,16-24,33-36,38,50-55,67,73H,6-7,14-15,26-28,30-32,37H2,1-5H3,(H,63,72)/t50-,51+,52-,53-,54+,55+,62-/m1/s1. The van der Waals surface area contributed by atoms with Crippen molar-refractivity contribution in [1.29, 1.82) is 0 Å². The van der Waals surface area contributed by atoms with Gasteiger partial charge in [0.05, 0.1) is 51.6 Å². The summed E-state index contributed by atoms with van der Waals surface area (Å²) >= 11 is 0. The number of amides is 4. The van der Waals surface area contributed by atoms with Crippen LogP contribution in [-0.2, 0) is 47.0 Å². The molecule has 4 aliphatic heterocycles. The van der Waals surface area contributed by atoms with Crippen LogP contribution in [0.3, 0.4) is 0 Å². The Bertz CT molecular complexity index is 3150. The van der Waals surface area contributed by atoms with Gasteiger partial charge < -0.3 is 44.1 Å². The highest BCUT2D eigenvalue weighted by Crippen LogP contribution is 2.66. The fourth-order valence-corrected chi connectivity index (χ4v) is 12.6. The van der Waals surface area contributed by atoms with Crippen LogP contribution in [0.4, 0.5) is 10.5 Å². The van der Waals surface area contributed by atoms with Crippen LogP contribution >= 0.6 is 0 Å². The predicted octanol–water partition coefficient (Wildman–Crippen LogP) is 7.67. The van der Waals surface area contributed by atoms with Crippen LogP contribution in [0.1, 0.15) is 110 Å². The second-order valence-corrected chi connectivity index (χ2v) is 21.2. The minimum absolute atomic E-state index is 0.0594. The Morgan fingerprint density at radius 3 is 2.12 bits per heavy atom. The molecule has 0 unspecified atom stereocenters. The largest absolute Gasteiger partial charge is 0.493 e. The molecule has 1 saturated carbocycles. The van der Waals surface area contributed by atoms with E-state index < -0.39 is 82.9 Å². The van der Waals surface area contributed by atoms with Gasteiger partial charge in [0.25, 0.3) is 0 Å². The van der Waals surface area contributed by atoms with Crippen molar-refractivity contribution in [2.45, 2.75) is 107 Å². The number of benzene rings is 5. The second kappa shape index (κ2) is 22.3. The molecule has 78 heavy (non-hydrogen) atoms. The number of cyclic esters (lactones) is 1. The van der Waals surface area contributed by atoms with Gasteiger partial charge in [0, 0.05) is 18.7 Å². The Labute approximate surface area is 454 Å². The van der Waals surface area contributed by atoms with Gasteiger partial charge in [0.15, 0.2) is 11.5 Å². The van der Waals surface area contributed by atoms with Crippen LogP contribution in [0.15, 0.2) is 115 Å². The Kier molecular flexibility index (Phi) is 15.4. The van der Waals surface area contributed by atoms with Gasteiger partial charge in [0.2, 0.25) is 11.8 Å². The maximum atomic E-state index is 17.1. The molecule has 16 nitrogen and oxygen atoms in total. The minimum Gasteiger partial charge on any atom is -0.493 e. The maximum Gasteiger partial charge on any atom is 0.329 e. The molecule has 4 amide bonds. The number of nitrogens with one attached hydrogen (secondary N) is 1. The fourth-order valence-electron chi connectivity index (χ4n) is 12.6. The molecule has 5 aliphatic rings. The second-order valence-electron chi connectivity index (χ2n) is 21.2. The lowest BCUT2D eigenvalue weighted by Gasteiger charge is -2.46. The molecular weight excluding hydrogens is 993 g/mol. The third-order valence-corrected chi connectivity index (χ3v) is 16.3. The summed E-state index contributed by atoms with van der Waals surface area (Å²) in [5, 5.41) is 24.6. The first-order chi connectivity index (χ1) is 37.8. The number of anilines is 1. The quantitative estimate of drug-likeness (QED) is 0.0627. The number of hydrogen-bond acceptors (Lipinski definition) is 13. The number of hydrogen-bond donors (Lipinski definition) is 3. The van der Waals surface area contributed by atoms with Crippen LogP contribution in [0.2, 0.25) is 0 Å². The summed E-state index contributed by atoms with van der Waals surface area (Å²) in [5.74, 6) is 2.78. The summed E-state index contributed by atoms with van der Waals surface area (Å²) in [7, 11) is 4.31. The van der Waals surface area contributed by atoms with Crippen molar-refractivity contribution < 1.29 is 57.9 Å². The number of nitrogens with zero attached hydrogens (tertiary/aromatic N) is 3. The van der Waals surface area contributed by atoms with Crippen molar-refractivity contribution >= 4 is 35.5 Å². The van der Waals surface area contributed by atoms with Gasteiger partial charge in [-0.15, -0.1) is 0 Å². The van der Waals surface area contributed by atoms with E-state index >= 15 is 19.2 Å². The third kappa shape index (κ3) is 9.62. The van der Waals surface area contributed by atoms with E-state index in [9.17, 15) is 15.0 Å². The summed E-state index contributed by atoms with van der Waals surface area (Å²) in [5.41, 5.74) is 0.791. The number of carbonyl (C=O) groups excluding carboxylic acids is 5. The smallest absolute Gasteiger partial charge is 0.329 e. The van der Waals surface area contributed by atoms with E-state index in [0.717, 1.165) is 41.7 Å². The van der Waals surface area contributed by atoms with E-state index in [1.54, 1.807) is 62.3 Å². The molecule has 3 N–H and O–H groups in total. The Hall–Kier alpha value is -7.71. The zero-order valence-electron chi connectivity index (χ0n) is 44.6. The lowest BCUT2D eigenvalue weighted by molar-refractivity contribution is -0.179. The summed E-state index contributed by atoms with van der Waals surface area (Å²) in [6, 6.07) is 28.8. The van der Waals surface area contributed by atoms with Gasteiger partial charge in [-0.05, 0) is 114 Å². The number of urea groups is 1. The van der Waals surface area contributed by atoms with Crippen molar-refractivity contribution in [2.24, 2.45) is 11.8 Å². The number of fused-ring (bicyclic) bond motifs is 4. The zero-order valence-corrected chi connectivity index (χ0v) is 44.6. The average Bonchev–Trinajstić information content (AvgIpc) is 2.59. The molecule has 0 bridgehead atoms. The van der Waals surface area contributed by atoms with E-state index in [1.807, 2.05) is 83.8 Å². The molecule has 3 fully saturated rings. The van der Waals surface area contributed by atoms with Gasteiger partial charge in [-0.1, -0.05) is 111 Å². The number of methoxy groups -OCH3 is 3. The molecule has 5 aromatic carbocycles. The van der Waals surface area contributed by atoms with Crippen LogP contribution < -0.4 is 24.4 Å². The first-order valence-corrected chi connectivity index (χ1v) is 26.8. The van der Waals surface area contributed by atoms with E-state index in [2.05, 4.69) is 17.2 Å². The lowest BCUT2D eigenvalue weighted by Crippen LogP contribution is -2.58. The number of imide groups is 1. The molecule has 4 heterocycles. The molecule has 0 radical (unpaired) electrons. The van der Waals surface area contributed by atoms with Crippen LogP contribution in [0.5, 0.6) is 17.2 Å². The maximum absolute atomic E-state index is 17.1. The Balaban J connectivity index is 1.28. The first-order valence-electron chi connectivity index (χ1n) is 26.8. The summed E-state index contributed by atoms with van der Waals surface area (Å²) in [6.07, 6.45) is 3.91. The molecule has 1 spiro atoms. The molecular formula is C62H66N4O12. The monoisotopic (exact) mass is 1060 g/mol. The summed E-state index contributed by atoms with van der Waals surface area (Å²) < 4.78 is 29.3. The number of morpholine rings is 1. The molecule has 406 valence electrons. The third-order valence-electron chi connectivity index (χ3n) is 16.3. The van der Waals surface area contributed by atoms with E-state index in [0.29, 0.717) is 58.8 Å². The van der Waals surface area contributed by atoms with Gasteiger partial charge in [0.1, 0.15) is 41.6 Å². The highest BCUT2D eigenvalue weighted by atomic mass is 16.6. The van der Waals surface area contributed by atoms with Gasteiger partial charge >= 0.3 is 18.0 Å². The number of carbonyl (C=O) groups is 5. The van der Waals surface area contributed by atoms with Crippen molar-refractivity contribution in [3.63, 3.8) is 0 Å². The topological polar surface area (TPSA) is 194 Å². The van der Waals surface area contributed by atoms with Crippen molar-refractivity contribution in [2.75, 3.05) is 46.0 Å². The Morgan fingerprint density at radius 1 is 0.795 bits per heavy atom. The van der Waals surface area contributed by atoms with E-state index in [4.69, 9.17) is 23.7 Å². The van der Waals surface area contributed by atoms with Gasteiger partial charge in [-0.2, -0.15) is 0 Å². The van der Waals surface area contributed by atoms with Crippen molar-refractivity contribution in [3.05, 3.63) is 154 Å². The number of aliphatic hydroxyl groups excluding tert-OH is 1. The SMILES string of the molecule is COC(=O)[C@@H](NC(=O)N1C(=O)[C@@]2(c3cc(C#CC4(O)CCCCCC4)ccc31)[C@H](c1cccc(OCCO)c1)N1[C@H](c3ccccc3)[C@H](c3ccccc3)OC(=O)[C@H]1[C@@H]2C(=O)N1CCc2cc(OC)c(OC)cc2C1)C(C)C.